The van der Waals surface area contributed by atoms with Crippen molar-refractivity contribution in [3.05, 3.63) is 71.7 Å². The number of pyridine rings is 2. The van der Waals surface area contributed by atoms with Crippen molar-refractivity contribution in [3.8, 4) is 0 Å². The largest absolute Gasteiger partial charge is 0.465 e. The lowest BCUT2D eigenvalue weighted by molar-refractivity contribution is 0.0600. The minimum atomic E-state index is -0.529. The predicted octanol–water partition coefficient (Wildman–Crippen LogP) is 2.40. The molecule has 2 atom stereocenters. The highest BCUT2D eigenvalue weighted by Gasteiger charge is 2.30. The van der Waals surface area contributed by atoms with Crippen LogP contribution in [0, 0.1) is 5.92 Å². The Hall–Kier alpha value is -3.32. The summed E-state index contributed by atoms with van der Waals surface area (Å²) in [7, 11) is 1.29. The summed E-state index contributed by atoms with van der Waals surface area (Å²) in [6, 6.07) is 11.4. The summed E-state index contributed by atoms with van der Waals surface area (Å²) < 4.78 is 10.3. The van der Waals surface area contributed by atoms with Crippen molar-refractivity contribution >= 4 is 22.8 Å². The number of hydrogen-bond donors (Lipinski definition) is 1. The van der Waals surface area contributed by atoms with E-state index in [4.69, 9.17) is 4.74 Å². The Morgan fingerprint density at radius 1 is 1.17 bits per heavy atom. The number of carbonyl (C=O) groups excluding carboxylic acids is 2. The molecule has 1 saturated heterocycles. The molecule has 0 aliphatic carbocycles. The molecule has 29 heavy (non-hydrogen) atoms. The number of nitrogens with zero attached hydrogens (tertiary/aromatic N) is 2. The van der Waals surface area contributed by atoms with Gasteiger partial charge in [-0.05, 0) is 30.2 Å². The molecule has 148 valence electrons. The van der Waals surface area contributed by atoms with Gasteiger partial charge in [-0.15, -0.1) is 0 Å². The van der Waals surface area contributed by atoms with Gasteiger partial charge in [-0.2, -0.15) is 0 Å². The van der Waals surface area contributed by atoms with Crippen molar-refractivity contribution in [1.29, 1.82) is 0 Å². The van der Waals surface area contributed by atoms with Crippen LogP contribution >= 0.6 is 0 Å². The van der Waals surface area contributed by atoms with Crippen molar-refractivity contribution in [1.82, 2.24) is 15.3 Å². The third-order valence-corrected chi connectivity index (χ3v) is 5.16. The topological polar surface area (TPSA) is 90.4 Å². The number of fused-ring (bicyclic) bond motifs is 1. The number of aromatic nitrogens is 2. The minimum Gasteiger partial charge on any atom is -0.465 e. The molecule has 0 saturated carbocycles. The zero-order valence-electron chi connectivity index (χ0n) is 16.0. The number of carbonyl (C=O) groups is 2. The van der Waals surface area contributed by atoms with Gasteiger partial charge >= 0.3 is 5.97 Å². The molecule has 1 aliphatic rings. The second kappa shape index (κ2) is 8.36. The Morgan fingerprint density at radius 2 is 2.00 bits per heavy atom. The highest BCUT2D eigenvalue weighted by Crippen LogP contribution is 2.24. The van der Waals surface area contributed by atoms with Crippen LogP contribution in [0.15, 0.2) is 55.0 Å². The molecule has 0 bridgehead atoms. The minimum absolute atomic E-state index is 0.129. The third-order valence-electron chi connectivity index (χ3n) is 5.16. The first-order chi connectivity index (χ1) is 14.2. The molecule has 3 heterocycles. The lowest BCUT2D eigenvalue weighted by Gasteiger charge is -2.20. The fourth-order valence-corrected chi connectivity index (χ4v) is 3.62. The summed E-state index contributed by atoms with van der Waals surface area (Å²) in [5.74, 6) is -0.677. The van der Waals surface area contributed by atoms with E-state index in [-0.39, 0.29) is 23.4 Å². The van der Waals surface area contributed by atoms with E-state index in [9.17, 15) is 9.59 Å². The van der Waals surface area contributed by atoms with Crippen LogP contribution in [0.2, 0.25) is 0 Å². The molecule has 2 aromatic heterocycles. The summed E-state index contributed by atoms with van der Waals surface area (Å²) in [4.78, 5) is 32.8. The van der Waals surface area contributed by atoms with Crippen LogP contribution in [0.4, 0.5) is 0 Å². The highest BCUT2D eigenvalue weighted by atomic mass is 16.5. The van der Waals surface area contributed by atoms with Gasteiger partial charge in [0.15, 0.2) is 0 Å². The molecule has 1 fully saturated rings. The van der Waals surface area contributed by atoms with Crippen LogP contribution in [0.1, 0.15) is 26.3 Å². The normalized spacial score (nSPS) is 18.5. The molecule has 7 nitrogen and oxygen atoms in total. The molecule has 0 unspecified atom stereocenters. The molecule has 4 rings (SSSR count). The first kappa shape index (κ1) is 19.0. The van der Waals surface area contributed by atoms with Gasteiger partial charge in [-0.1, -0.05) is 18.2 Å². The number of ether oxygens (including phenoxy) is 2. The molecular weight excluding hydrogens is 370 g/mol. The van der Waals surface area contributed by atoms with E-state index in [0.29, 0.717) is 18.8 Å². The zero-order chi connectivity index (χ0) is 20.2. The number of hydrogen-bond acceptors (Lipinski definition) is 6. The van der Waals surface area contributed by atoms with E-state index >= 15 is 0 Å². The maximum absolute atomic E-state index is 12.7. The zero-order valence-corrected chi connectivity index (χ0v) is 16.0. The maximum atomic E-state index is 12.7. The quantitative estimate of drug-likeness (QED) is 0.672. The van der Waals surface area contributed by atoms with Gasteiger partial charge in [0.1, 0.15) is 0 Å². The van der Waals surface area contributed by atoms with Crippen molar-refractivity contribution < 1.29 is 19.1 Å². The smallest absolute Gasteiger partial charge is 0.339 e. The molecule has 1 N–H and O–H groups in total. The second-order valence-electron chi connectivity index (χ2n) is 7.02. The van der Waals surface area contributed by atoms with E-state index < -0.39 is 5.97 Å². The van der Waals surface area contributed by atoms with Crippen molar-refractivity contribution in [3.63, 3.8) is 0 Å². The Kier molecular flexibility index (Phi) is 5.48. The average molecular weight is 391 g/mol. The number of benzene rings is 1. The first-order valence-electron chi connectivity index (χ1n) is 9.40. The van der Waals surface area contributed by atoms with Gasteiger partial charge in [0.05, 0.1) is 43.0 Å². The monoisotopic (exact) mass is 391 g/mol. The van der Waals surface area contributed by atoms with Gasteiger partial charge in [-0.3, -0.25) is 14.8 Å². The lowest BCUT2D eigenvalue weighted by Crippen LogP contribution is -2.40. The molecule has 0 spiro atoms. The van der Waals surface area contributed by atoms with Crippen LogP contribution in [0.3, 0.4) is 0 Å². The highest BCUT2D eigenvalue weighted by molar-refractivity contribution is 5.97. The Balaban J connectivity index is 1.49. The number of rotatable bonds is 5. The van der Waals surface area contributed by atoms with Gasteiger partial charge in [-0.25, -0.2) is 4.79 Å². The Bertz CT molecular complexity index is 1050. The van der Waals surface area contributed by atoms with Crippen LogP contribution in [-0.2, 0) is 15.9 Å². The molecule has 3 aromatic rings. The van der Waals surface area contributed by atoms with Crippen LogP contribution in [-0.4, -0.2) is 48.2 Å². The average Bonchev–Trinajstić information content (AvgIpc) is 3.20. The summed E-state index contributed by atoms with van der Waals surface area (Å²) in [5.41, 5.74) is 2.69. The molecule has 7 heteroatoms. The molecular formula is C22H21N3O4. The summed E-state index contributed by atoms with van der Waals surface area (Å²) in [6.07, 6.45) is 5.39. The fraction of sp³-hybridized carbons (Fsp3) is 0.273. The van der Waals surface area contributed by atoms with Gasteiger partial charge in [0.25, 0.3) is 5.91 Å². The van der Waals surface area contributed by atoms with Crippen LogP contribution in [0.25, 0.3) is 10.9 Å². The summed E-state index contributed by atoms with van der Waals surface area (Å²) in [6.45, 7) is 1.02. The summed E-state index contributed by atoms with van der Waals surface area (Å²) in [5, 5.41) is 4.14. The van der Waals surface area contributed by atoms with E-state index in [1.807, 2.05) is 30.5 Å². The molecule has 1 aromatic carbocycles. The molecule has 1 aliphatic heterocycles. The van der Waals surface area contributed by atoms with Crippen LogP contribution in [0.5, 0.6) is 0 Å². The van der Waals surface area contributed by atoms with Crippen molar-refractivity contribution in [2.24, 2.45) is 5.92 Å². The number of amides is 1. The maximum Gasteiger partial charge on any atom is 0.339 e. The van der Waals surface area contributed by atoms with Crippen LogP contribution < -0.4 is 5.32 Å². The fourth-order valence-electron chi connectivity index (χ4n) is 3.62. The first-order valence-corrected chi connectivity index (χ1v) is 9.40. The number of para-hydroxylation sites is 1. The molecule has 1 amide bonds. The Labute approximate surface area is 168 Å². The van der Waals surface area contributed by atoms with Crippen molar-refractivity contribution in [2.45, 2.75) is 12.5 Å². The second-order valence-corrected chi connectivity index (χ2v) is 7.02. The van der Waals surface area contributed by atoms with E-state index in [1.54, 1.807) is 0 Å². The van der Waals surface area contributed by atoms with Gasteiger partial charge < -0.3 is 14.8 Å². The van der Waals surface area contributed by atoms with Gasteiger partial charge in [0, 0.05) is 29.9 Å². The van der Waals surface area contributed by atoms with Crippen molar-refractivity contribution in [2.75, 3.05) is 20.3 Å². The number of esters is 1. The summed E-state index contributed by atoms with van der Waals surface area (Å²) >= 11 is 0. The lowest BCUT2D eigenvalue weighted by atomic mass is 9.93. The molecule has 0 radical (unpaired) electrons. The number of methoxy groups -OCH3 is 1. The van der Waals surface area contributed by atoms with E-state index in [2.05, 4.69) is 26.1 Å². The SMILES string of the molecule is COC(=O)c1cncc(C(=O)N[C@@H]2COC[C@H]2Cc2ccnc3ccccc23)c1. The van der Waals surface area contributed by atoms with Gasteiger partial charge in [0.2, 0.25) is 0 Å². The number of nitrogens with one attached hydrogen (secondary N) is 1. The standard InChI is InChI=1S/C22H21N3O4/c1-28-22(27)16-9-15(10-23-11-16)21(26)25-20-13-29-12-17(20)8-14-6-7-24-19-5-3-2-4-18(14)19/h2-7,9-11,17,20H,8,12-13H2,1H3,(H,25,26)/t17-,20-/m1/s1. The predicted molar refractivity (Wildman–Crippen MR) is 107 cm³/mol. The Morgan fingerprint density at radius 3 is 2.86 bits per heavy atom. The van der Waals surface area contributed by atoms with E-state index in [1.165, 1.54) is 31.1 Å². The van der Waals surface area contributed by atoms with E-state index in [0.717, 1.165) is 17.3 Å². The third kappa shape index (κ3) is 4.09.